The van der Waals surface area contributed by atoms with Gasteiger partial charge < -0.3 is 10.1 Å². The highest BCUT2D eigenvalue weighted by atomic mass is 32.2. The van der Waals surface area contributed by atoms with Gasteiger partial charge in [0.25, 0.3) is 5.91 Å². The fourth-order valence-corrected chi connectivity index (χ4v) is 4.57. The zero-order valence-electron chi connectivity index (χ0n) is 16.3. The van der Waals surface area contributed by atoms with E-state index in [1.54, 1.807) is 0 Å². The van der Waals surface area contributed by atoms with Crippen LogP contribution in [0.3, 0.4) is 0 Å². The van der Waals surface area contributed by atoms with Gasteiger partial charge in [-0.15, -0.1) is 5.10 Å². The summed E-state index contributed by atoms with van der Waals surface area (Å²) in [7, 11) is -2.62. The first-order valence-electron chi connectivity index (χ1n) is 9.25. The van der Waals surface area contributed by atoms with Crippen LogP contribution in [0.5, 0.6) is 5.88 Å². The number of nitrogens with zero attached hydrogens (tertiary/aromatic N) is 3. The van der Waals surface area contributed by atoms with Crippen LogP contribution in [0.4, 0.5) is 20.2 Å². The Kier molecular flexibility index (Phi) is 5.45. The van der Waals surface area contributed by atoms with E-state index in [9.17, 15) is 22.0 Å². The molecule has 1 amide bonds. The summed E-state index contributed by atoms with van der Waals surface area (Å²) < 4.78 is 62.3. The largest absolute Gasteiger partial charge is 0.479 e. The quantitative estimate of drug-likeness (QED) is 0.526. The number of carbonyl (C=O) groups is 1. The van der Waals surface area contributed by atoms with E-state index in [-0.39, 0.29) is 11.6 Å². The average Bonchev–Trinajstić information content (AvgIpc) is 3.40. The summed E-state index contributed by atoms with van der Waals surface area (Å²) >= 11 is 0. The van der Waals surface area contributed by atoms with Crippen molar-refractivity contribution in [3.63, 3.8) is 0 Å². The molecule has 0 atom stereocenters. The molecule has 3 N–H and O–H groups in total. The zero-order chi connectivity index (χ0) is 22.2. The lowest BCUT2D eigenvalue weighted by Gasteiger charge is -2.18. The number of H-pyrrole nitrogens is 1. The highest BCUT2D eigenvalue weighted by Crippen LogP contribution is 2.27. The van der Waals surface area contributed by atoms with Crippen LogP contribution < -0.4 is 14.8 Å². The standard InChI is InChI=1S/C18H18F2N6O4S/c1-30-18-11-8-10(9-21-16(11)23-24-18)22-17(27)14-12(19)4-5-13(15(14)20)25-31(28,29)26-6-2-3-7-26/h4-5,8-9,25H,2-3,6-7H2,1H3,(H,22,27)(H,21,23,24). The van der Waals surface area contributed by atoms with Crippen LogP contribution in [0.1, 0.15) is 23.2 Å². The number of aromatic amines is 1. The predicted octanol–water partition coefficient (Wildman–Crippen LogP) is 2.25. The van der Waals surface area contributed by atoms with Crippen LogP contribution in [-0.2, 0) is 10.2 Å². The van der Waals surface area contributed by atoms with Gasteiger partial charge in [0, 0.05) is 13.1 Å². The van der Waals surface area contributed by atoms with E-state index in [4.69, 9.17) is 4.74 Å². The molecule has 1 aliphatic rings. The number of pyridine rings is 1. The van der Waals surface area contributed by atoms with Gasteiger partial charge in [-0.1, -0.05) is 0 Å². The Hall–Kier alpha value is -3.32. The van der Waals surface area contributed by atoms with Crippen LogP contribution in [0, 0.1) is 11.6 Å². The molecule has 1 saturated heterocycles. The van der Waals surface area contributed by atoms with Gasteiger partial charge in [-0.25, -0.2) is 13.8 Å². The number of aromatic nitrogens is 3. The van der Waals surface area contributed by atoms with Gasteiger partial charge in [0.05, 0.1) is 30.1 Å². The second-order valence-corrected chi connectivity index (χ2v) is 8.48. The summed E-state index contributed by atoms with van der Waals surface area (Å²) in [5, 5.41) is 9.33. The van der Waals surface area contributed by atoms with Gasteiger partial charge in [-0.05, 0) is 31.0 Å². The third kappa shape index (κ3) is 4.01. The van der Waals surface area contributed by atoms with Crippen LogP contribution in [0.15, 0.2) is 24.4 Å². The first kappa shape index (κ1) is 20.9. The lowest BCUT2D eigenvalue weighted by molar-refractivity contribution is 0.101. The Morgan fingerprint density at radius 1 is 1.26 bits per heavy atom. The number of benzene rings is 1. The van der Waals surface area contributed by atoms with Crippen molar-refractivity contribution in [2.24, 2.45) is 0 Å². The summed E-state index contributed by atoms with van der Waals surface area (Å²) in [4.78, 5) is 16.7. The Balaban J connectivity index is 1.61. The average molecular weight is 452 g/mol. The Morgan fingerprint density at radius 2 is 2.00 bits per heavy atom. The van der Waals surface area contributed by atoms with Crippen LogP contribution in [0.2, 0.25) is 0 Å². The van der Waals surface area contributed by atoms with Crippen molar-refractivity contribution in [2.45, 2.75) is 12.8 Å². The minimum atomic E-state index is -4.02. The first-order valence-corrected chi connectivity index (χ1v) is 10.7. The SMILES string of the molecule is COc1n[nH]c2ncc(NC(=O)c3c(F)ccc(NS(=O)(=O)N4CCCC4)c3F)cc12. The normalized spacial score (nSPS) is 14.7. The molecular weight excluding hydrogens is 434 g/mol. The fourth-order valence-electron chi connectivity index (χ4n) is 3.27. The van der Waals surface area contributed by atoms with E-state index in [0.29, 0.717) is 37.0 Å². The molecule has 2 aromatic heterocycles. The van der Waals surface area contributed by atoms with Crippen molar-refractivity contribution < 1.29 is 26.7 Å². The van der Waals surface area contributed by atoms with E-state index in [2.05, 4.69) is 25.2 Å². The van der Waals surface area contributed by atoms with Crippen molar-refractivity contribution >= 4 is 38.5 Å². The summed E-state index contributed by atoms with van der Waals surface area (Å²) in [6.07, 6.45) is 2.66. The number of hydrogen-bond donors (Lipinski definition) is 3. The molecule has 1 aliphatic heterocycles. The van der Waals surface area contributed by atoms with Crippen LogP contribution in [0.25, 0.3) is 11.0 Å². The number of rotatable bonds is 6. The minimum Gasteiger partial charge on any atom is -0.479 e. The number of hydrogen-bond acceptors (Lipinski definition) is 6. The van der Waals surface area contributed by atoms with E-state index < -0.39 is 39.0 Å². The van der Waals surface area contributed by atoms with E-state index in [1.807, 2.05) is 0 Å². The number of fused-ring (bicyclic) bond motifs is 1. The van der Waals surface area contributed by atoms with Gasteiger partial charge in [0.1, 0.15) is 11.4 Å². The predicted molar refractivity (Wildman–Crippen MR) is 108 cm³/mol. The monoisotopic (exact) mass is 452 g/mol. The van der Waals surface area contributed by atoms with Gasteiger partial charge in [-0.2, -0.15) is 12.7 Å². The molecule has 1 fully saturated rings. The first-order chi connectivity index (χ1) is 14.8. The maximum absolute atomic E-state index is 14.9. The maximum Gasteiger partial charge on any atom is 0.301 e. The minimum absolute atomic E-state index is 0.138. The van der Waals surface area contributed by atoms with E-state index in [1.165, 1.54) is 19.4 Å². The molecule has 0 unspecified atom stereocenters. The Labute approximate surface area is 175 Å². The lowest BCUT2D eigenvalue weighted by atomic mass is 10.1. The number of anilines is 2. The van der Waals surface area contributed by atoms with Crippen LogP contribution in [-0.4, -0.2) is 54.0 Å². The molecule has 0 radical (unpaired) electrons. The molecule has 1 aromatic carbocycles. The topological polar surface area (TPSA) is 129 Å². The van der Waals surface area contributed by atoms with Crippen molar-refractivity contribution in [3.05, 3.63) is 41.6 Å². The third-order valence-electron chi connectivity index (χ3n) is 4.79. The van der Waals surface area contributed by atoms with Gasteiger partial charge >= 0.3 is 10.2 Å². The third-order valence-corrected chi connectivity index (χ3v) is 6.32. The second kappa shape index (κ2) is 8.07. The number of methoxy groups -OCH3 is 1. The van der Waals surface area contributed by atoms with Crippen molar-refractivity contribution in [3.8, 4) is 5.88 Å². The molecule has 164 valence electrons. The van der Waals surface area contributed by atoms with E-state index in [0.717, 1.165) is 16.4 Å². The summed E-state index contributed by atoms with van der Waals surface area (Å²) in [5.41, 5.74) is -0.922. The summed E-state index contributed by atoms with van der Waals surface area (Å²) in [5.74, 6) is -3.35. The molecule has 13 heteroatoms. The molecule has 0 saturated carbocycles. The van der Waals surface area contributed by atoms with Crippen molar-refractivity contribution in [1.82, 2.24) is 19.5 Å². The lowest BCUT2D eigenvalue weighted by Crippen LogP contribution is -2.33. The summed E-state index contributed by atoms with van der Waals surface area (Å²) in [6, 6.07) is 3.22. The summed E-state index contributed by atoms with van der Waals surface area (Å²) in [6.45, 7) is 0.608. The number of ether oxygens (including phenoxy) is 1. The van der Waals surface area contributed by atoms with Crippen LogP contribution >= 0.6 is 0 Å². The molecule has 0 aliphatic carbocycles. The zero-order valence-corrected chi connectivity index (χ0v) is 17.1. The number of carbonyl (C=O) groups excluding carboxylic acids is 1. The molecule has 31 heavy (non-hydrogen) atoms. The smallest absolute Gasteiger partial charge is 0.301 e. The fraction of sp³-hybridized carbons (Fsp3) is 0.278. The molecule has 0 spiro atoms. The number of nitrogens with one attached hydrogen (secondary N) is 3. The Morgan fingerprint density at radius 3 is 2.71 bits per heavy atom. The van der Waals surface area contributed by atoms with E-state index >= 15 is 0 Å². The molecular formula is C18H18F2N6O4S. The molecule has 0 bridgehead atoms. The van der Waals surface area contributed by atoms with Gasteiger partial charge in [-0.3, -0.25) is 14.6 Å². The molecule has 10 nitrogen and oxygen atoms in total. The molecule has 3 heterocycles. The Bertz CT molecular complexity index is 1260. The van der Waals surface area contributed by atoms with Gasteiger partial charge in [0.2, 0.25) is 5.88 Å². The number of halogens is 2. The maximum atomic E-state index is 14.9. The molecule has 3 aromatic rings. The molecule has 4 rings (SSSR count). The van der Waals surface area contributed by atoms with Crippen molar-refractivity contribution in [2.75, 3.05) is 30.2 Å². The highest BCUT2D eigenvalue weighted by molar-refractivity contribution is 7.90. The highest BCUT2D eigenvalue weighted by Gasteiger charge is 2.28. The number of amides is 1. The van der Waals surface area contributed by atoms with Gasteiger partial charge in [0.15, 0.2) is 11.5 Å². The van der Waals surface area contributed by atoms with Crippen molar-refractivity contribution in [1.29, 1.82) is 0 Å². The second-order valence-electron chi connectivity index (χ2n) is 6.80.